The van der Waals surface area contributed by atoms with Crippen LogP contribution in [0.5, 0.6) is 0 Å². The van der Waals surface area contributed by atoms with E-state index in [2.05, 4.69) is 81.5 Å². The van der Waals surface area contributed by atoms with Crippen LogP contribution in [0.3, 0.4) is 0 Å². The van der Waals surface area contributed by atoms with E-state index in [4.69, 9.17) is 14.2 Å². The molecule has 0 amide bonds. The first kappa shape index (κ1) is 78.1. The zero-order chi connectivity index (χ0) is 58.5. The zero-order valence-corrected chi connectivity index (χ0v) is 54.3. The molecule has 81 heavy (non-hydrogen) atoms. The van der Waals surface area contributed by atoms with Crippen molar-refractivity contribution >= 4 is 17.9 Å². The molecule has 0 aliphatic rings. The minimum Gasteiger partial charge on any atom is -0.462 e. The number of allylic oxidation sites excluding steroid dienone is 10. The molecule has 1 unspecified atom stereocenters. The molecule has 0 rings (SSSR count). The highest BCUT2D eigenvalue weighted by atomic mass is 16.6. The van der Waals surface area contributed by atoms with Gasteiger partial charge in [-0.05, 0) is 83.5 Å². The lowest BCUT2D eigenvalue weighted by Crippen LogP contribution is -2.30. The van der Waals surface area contributed by atoms with Crippen molar-refractivity contribution in [3.05, 3.63) is 60.8 Å². The second-order valence-corrected chi connectivity index (χ2v) is 24.1. The predicted octanol–water partition coefficient (Wildman–Crippen LogP) is 24.7. The van der Waals surface area contributed by atoms with Crippen molar-refractivity contribution in [3.8, 4) is 0 Å². The summed E-state index contributed by atoms with van der Waals surface area (Å²) in [7, 11) is 0. The molecule has 6 nitrogen and oxygen atoms in total. The summed E-state index contributed by atoms with van der Waals surface area (Å²) in [4.78, 5) is 38.4. The number of rotatable bonds is 66. The molecule has 0 bridgehead atoms. The van der Waals surface area contributed by atoms with Gasteiger partial charge in [-0.25, -0.2) is 0 Å². The average Bonchev–Trinajstić information content (AvgIpc) is 3.47. The van der Waals surface area contributed by atoms with Gasteiger partial charge in [0.15, 0.2) is 6.10 Å². The molecule has 0 aromatic carbocycles. The van der Waals surface area contributed by atoms with Crippen LogP contribution in [0, 0.1) is 0 Å². The zero-order valence-electron chi connectivity index (χ0n) is 54.3. The molecule has 472 valence electrons. The maximum Gasteiger partial charge on any atom is 0.306 e. The molecule has 0 aromatic rings. The van der Waals surface area contributed by atoms with E-state index in [1.807, 2.05) is 0 Å². The highest BCUT2D eigenvalue weighted by molar-refractivity contribution is 5.71. The third kappa shape index (κ3) is 67.8. The van der Waals surface area contributed by atoms with Gasteiger partial charge >= 0.3 is 17.9 Å². The van der Waals surface area contributed by atoms with Crippen LogP contribution in [0.4, 0.5) is 0 Å². The largest absolute Gasteiger partial charge is 0.462 e. The van der Waals surface area contributed by atoms with E-state index in [0.29, 0.717) is 19.3 Å². The quantitative estimate of drug-likeness (QED) is 0.0261. The van der Waals surface area contributed by atoms with Gasteiger partial charge in [0, 0.05) is 19.3 Å². The van der Waals surface area contributed by atoms with Crippen LogP contribution in [0.25, 0.3) is 0 Å². The van der Waals surface area contributed by atoms with Crippen molar-refractivity contribution in [3.63, 3.8) is 0 Å². The molecular weight excluding hydrogens is 997 g/mol. The smallest absolute Gasteiger partial charge is 0.306 e. The number of carbonyl (C=O) groups excluding carboxylic acids is 3. The van der Waals surface area contributed by atoms with Crippen molar-refractivity contribution in [2.75, 3.05) is 13.2 Å². The summed E-state index contributed by atoms with van der Waals surface area (Å²) in [5, 5.41) is 0. The highest BCUT2D eigenvalue weighted by Gasteiger charge is 2.19. The fourth-order valence-corrected chi connectivity index (χ4v) is 10.7. The Bertz CT molecular complexity index is 1440. The van der Waals surface area contributed by atoms with Gasteiger partial charge in [-0.2, -0.15) is 0 Å². The van der Waals surface area contributed by atoms with E-state index in [1.54, 1.807) is 0 Å². The molecule has 0 radical (unpaired) electrons. The molecule has 6 heteroatoms. The summed E-state index contributed by atoms with van der Waals surface area (Å²) in [5.74, 6) is -0.888. The summed E-state index contributed by atoms with van der Waals surface area (Å²) in [6.45, 7) is 6.56. The first-order valence-corrected chi connectivity index (χ1v) is 35.8. The molecule has 0 fully saturated rings. The fraction of sp³-hybridized carbons (Fsp3) is 0.827. The van der Waals surface area contributed by atoms with Crippen LogP contribution in [0.15, 0.2) is 60.8 Å². The Morgan fingerprint density at radius 2 is 0.481 bits per heavy atom. The molecule has 0 aromatic heterocycles. The number of ether oxygens (including phenoxy) is 3. The van der Waals surface area contributed by atoms with Gasteiger partial charge in [0.05, 0.1) is 0 Å². The van der Waals surface area contributed by atoms with Crippen LogP contribution in [0.2, 0.25) is 0 Å². The molecule has 0 aliphatic heterocycles. The monoisotopic (exact) mass is 1130 g/mol. The van der Waals surface area contributed by atoms with Gasteiger partial charge in [-0.3, -0.25) is 14.4 Å². The molecular formula is C75H136O6. The number of unbranched alkanes of at least 4 members (excludes halogenated alkanes) is 45. The van der Waals surface area contributed by atoms with E-state index in [0.717, 1.165) is 96.3 Å². The van der Waals surface area contributed by atoms with E-state index >= 15 is 0 Å². The van der Waals surface area contributed by atoms with Crippen LogP contribution >= 0.6 is 0 Å². The molecule has 1 atom stereocenters. The first-order valence-electron chi connectivity index (χ1n) is 35.8. The van der Waals surface area contributed by atoms with E-state index in [-0.39, 0.29) is 31.1 Å². The molecule has 0 heterocycles. The molecule has 0 saturated carbocycles. The van der Waals surface area contributed by atoms with Gasteiger partial charge < -0.3 is 14.2 Å². The number of esters is 3. The molecule has 0 saturated heterocycles. The SMILES string of the molecule is CC/C=C\C/C=C\C/C=C\C/C=C\CCCCCCC(=O)OC(COC(=O)CCCCCCCCC/C=C\CCCCCCCC)COC(=O)CCCCCCCCCCCCCCCCCCCCCCCCCCCCCCC. The summed E-state index contributed by atoms with van der Waals surface area (Å²) in [6.07, 6.45) is 89.8. The summed E-state index contributed by atoms with van der Waals surface area (Å²) in [5.41, 5.74) is 0. The summed E-state index contributed by atoms with van der Waals surface area (Å²) >= 11 is 0. The number of hydrogen-bond acceptors (Lipinski definition) is 6. The topological polar surface area (TPSA) is 78.9 Å². The third-order valence-corrected chi connectivity index (χ3v) is 16.0. The second-order valence-electron chi connectivity index (χ2n) is 24.1. The normalized spacial score (nSPS) is 12.4. The maximum atomic E-state index is 12.9. The molecule has 0 aliphatic carbocycles. The van der Waals surface area contributed by atoms with Crippen molar-refractivity contribution in [2.24, 2.45) is 0 Å². The Kier molecular flexibility index (Phi) is 67.1. The molecule has 0 N–H and O–H groups in total. The van der Waals surface area contributed by atoms with E-state index in [1.165, 1.54) is 244 Å². The fourth-order valence-electron chi connectivity index (χ4n) is 10.7. The Morgan fingerprint density at radius 3 is 0.765 bits per heavy atom. The number of hydrogen-bond donors (Lipinski definition) is 0. The standard InChI is InChI=1S/C75H136O6/c1-4-7-10-13-16-19-22-25-28-31-32-33-34-35-36-37-38-39-40-41-42-45-47-50-53-56-59-62-65-68-74(77)80-71-72(81-75(78)69-66-63-60-57-54-51-48-44-30-27-24-21-18-15-12-9-6-3)70-79-73(76)67-64-61-58-55-52-49-46-43-29-26-23-20-17-14-11-8-5-2/h9,12,18,21,26-27,29-30,48,51,72H,4-8,10-11,13-17,19-20,22-25,28,31-47,49-50,52-71H2,1-3H3/b12-9-,21-18-,29-26-,30-27-,51-48-. The van der Waals surface area contributed by atoms with E-state index in [9.17, 15) is 14.4 Å². The van der Waals surface area contributed by atoms with Gasteiger partial charge in [0.2, 0.25) is 0 Å². The van der Waals surface area contributed by atoms with Gasteiger partial charge in [-0.15, -0.1) is 0 Å². The van der Waals surface area contributed by atoms with Crippen molar-refractivity contribution < 1.29 is 28.6 Å². The van der Waals surface area contributed by atoms with Gasteiger partial charge in [0.25, 0.3) is 0 Å². The van der Waals surface area contributed by atoms with Crippen LogP contribution in [-0.2, 0) is 28.6 Å². The van der Waals surface area contributed by atoms with E-state index < -0.39 is 6.10 Å². The third-order valence-electron chi connectivity index (χ3n) is 16.0. The van der Waals surface area contributed by atoms with Crippen molar-refractivity contribution in [1.29, 1.82) is 0 Å². The van der Waals surface area contributed by atoms with Crippen LogP contribution in [0.1, 0.15) is 380 Å². The van der Waals surface area contributed by atoms with Crippen molar-refractivity contribution in [2.45, 2.75) is 386 Å². The summed E-state index contributed by atoms with van der Waals surface area (Å²) in [6, 6.07) is 0. The van der Waals surface area contributed by atoms with Gasteiger partial charge in [-0.1, -0.05) is 338 Å². The Morgan fingerprint density at radius 1 is 0.259 bits per heavy atom. The highest BCUT2D eigenvalue weighted by Crippen LogP contribution is 2.18. The van der Waals surface area contributed by atoms with Crippen LogP contribution < -0.4 is 0 Å². The summed E-state index contributed by atoms with van der Waals surface area (Å²) < 4.78 is 17.0. The predicted molar refractivity (Wildman–Crippen MR) is 353 cm³/mol. The lowest BCUT2D eigenvalue weighted by molar-refractivity contribution is -0.167. The maximum absolute atomic E-state index is 12.9. The lowest BCUT2D eigenvalue weighted by Gasteiger charge is -2.18. The van der Waals surface area contributed by atoms with Gasteiger partial charge in [0.1, 0.15) is 13.2 Å². The first-order chi connectivity index (χ1) is 40.0. The number of carbonyl (C=O) groups is 3. The molecule has 0 spiro atoms. The minimum atomic E-state index is -0.789. The minimum absolute atomic E-state index is 0.0821. The van der Waals surface area contributed by atoms with Crippen molar-refractivity contribution in [1.82, 2.24) is 0 Å². The second kappa shape index (κ2) is 69.6. The Hall–Kier alpha value is -2.89. The Labute approximate surface area is 504 Å². The Balaban J connectivity index is 4.24. The van der Waals surface area contributed by atoms with Crippen LogP contribution in [-0.4, -0.2) is 37.2 Å². The average molecular weight is 1130 g/mol. The lowest BCUT2D eigenvalue weighted by atomic mass is 10.0.